The fourth-order valence-corrected chi connectivity index (χ4v) is 2.37. The molecule has 19 heavy (non-hydrogen) atoms. The van der Waals surface area contributed by atoms with Crippen LogP contribution in [0, 0.1) is 3.57 Å². The lowest BCUT2D eigenvalue weighted by Crippen LogP contribution is -2.44. The van der Waals surface area contributed by atoms with Crippen LogP contribution in [0.4, 0.5) is 0 Å². The molecule has 0 radical (unpaired) electrons. The fraction of sp³-hybridized carbons (Fsp3) is 0.600. The number of rotatable bonds is 9. The van der Waals surface area contributed by atoms with Crippen molar-refractivity contribution in [1.82, 2.24) is 5.32 Å². The number of hydrogen-bond donors (Lipinski definition) is 1. The number of nitrogens with one attached hydrogen (secondary N) is 1. The summed E-state index contributed by atoms with van der Waals surface area (Å²) in [7, 11) is 0. The van der Waals surface area contributed by atoms with Crippen molar-refractivity contribution in [3.8, 4) is 0 Å². The predicted molar refractivity (Wildman–Crippen MR) is 87.4 cm³/mol. The average Bonchev–Trinajstić information content (AvgIpc) is 2.40. The lowest BCUT2D eigenvalue weighted by atomic mass is 10.1. The van der Waals surface area contributed by atoms with Crippen molar-refractivity contribution in [2.45, 2.75) is 39.5 Å². The van der Waals surface area contributed by atoms with Crippen molar-refractivity contribution >= 4 is 22.6 Å². The van der Waals surface area contributed by atoms with E-state index in [9.17, 15) is 0 Å². The Labute approximate surface area is 130 Å². The van der Waals surface area contributed by atoms with E-state index in [4.69, 9.17) is 9.47 Å². The van der Waals surface area contributed by atoms with Gasteiger partial charge in [-0.2, -0.15) is 0 Å². The van der Waals surface area contributed by atoms with Gasteiger partial charge in [0.2, 0.25) is 0 Å². The molecule has 1 atom stereocenters. The minimum absolute atomic E-state index is 0.185. The summed E-state index contributed by atoms with van der Waals surface area (Å²) >= 11 is 2.32. The second-order valence-corrected chi connectivity index (χ2v) is 5.52. The third-order valence-electron chi connectivity index (χ3n) is 2.83. The van der Waals surface area contributed by atoms with Gasteiger partial charge < -0.3 is 14.8 Å². The van der Waals surface area contributed by atoms with E-state index >= 15 is 0 Å². The van der Waals surface area contributed by atoms with Crippen LogP contribution in [-0.4, -0.2) is 32.1 Å². The zero-order chi connectivity index (χ0) is 14.1. The van der Waals surface area contributed by atoms with Crippen molar-refractivity contribution in [2.75, 3.05) is 19.8 Å². The first-order valence-corrected chi connectivity index (χ1v) is 8.00. The van der Waals surface area contributed by atoms with Crippen LogP contribution in [0.1, 0.15) is 26.3 Å². The Kier molecular flexibility index (Phi) is 8.61. The summed E-state index contributed by atoms with van der Waals surface area (Å²) in [5, 5.41) is 3.46. The summed E-state index contributed by atoms with van der Waals surface area (Å²) in [6.07, 6.45) is 0.726. The van der Waals surface area contributed by atoms with Gasteiger partial charge in [-0.25, -0.2) is 0 Å². The molecule has 4 heteroatoms. The Bertz CT molecular complexity index is 337. The molecule has 1 unspecified atom stereocenters. The van der Waals surface area contributed by atoms with Crippen LogP contribution in [0.5, 0.6) is 0 Å². The minimum Gasteiger partial charge on any atom is -0.351 e. The molecule has 0 aliphatic carbocycles. The molecule has 0 fully saturated rings. The quantitative estimate of drug-likeness (QED) is 0.530. The van der Waals surface area contributed by atoms with E-state index in [0.717, 1.165) is 13.0 Å². The van der Waals surface area contributed by atoms with Gasteiger partial charge in [0.25, 0.3) is 0 Å². The van der Waals surface area contributed by atoms with Gasteiger partial charge in [0.15, 0.2) is 6.29 Å². The highest BCUT2D eigenvalue weighted by atomic mass is 127. The van der Waals surface area contributed by atoms with Gasteiger partial charge in [0.1, 0.15) is 0 Å². The Morgan fingerprint density at radius 2 is 1.63 bits per heavy atom. The molecule has 0 saturated carbocycles. The van der Waals surface area contributed by atoms with Crippen LogP contribution >= 0.6 is 22.6 Å². The molecule has 1 rings (SSSR count). The number of ether oxygens (including phenoxy) is 2. The maximum atomic E-state index is 5.71. The summed E-state index contributed by atoms with van der Waals surface area (Å²) in [5.41, 5.74) is 1.30. The molecule has 0 heterocycles. The van der Waals surface area contributed by atoms with Crippen LogP contribution in [0.15, 0.2) is 24.3 Å². The van der Waals surface area contributed by atoms with E-state index in [1.807, 2.05) is 13.8 Å². The molecule has 0 spiro atoms. The Balaban J connectivity index is 2.71. The molecule has 0 bridgehead atoms. The molecule has 3 nitrogen and oxygen atoms in total. The maximum absolute atomic E-state index is 5.71. The second kappa shape index (κ2) is 9.69. The first-order valence-electron chi connectivity index (χ1n) is 6.92. The van der Waals surface area contributed by atoms with Crippen molar-refractivity contribution in [2.24, 2.45) is 0 Å². The molecular formula is C15H24INO2. The molecule has 0 aliphatic heterocycles. The van der Waals surface area contributed by atoms with Crippen LogP contribution < -0.4 is 5.32 Å². The highest BCUT2D eigenvalue weighted by molar-refractivity contribution is 14.1. The van der Waals surface area contributed by atoms with Gasteiger partial charge in [-0.05, 0) is 67.1 Å². The van der Waals surface area contributed by atoms with E-state index in [2.05, 4.69) is 59.1 Å². The summed E-state index contributed by atoms with van der Waals surface area (Å²) < 4.78 is 12.7. The highest BCUT2D eigenvalue weighted by Crippen LogP contribution is 2.12. The maximum Gasteiger partial charge on any atom is 0.172 e. The fourth-order valence-electron chi connectivity index (χ4n) is 2.01. The summed E-state index contributed by atoms with van der Waals surface area (Å²) in [6.45, 7) is 8.35. The molecule has 108 valence electrons. The van der Waals surface area contributed by atoms with E-state index in [1.54, 1.807) is 0 Å². The highest BCUT2D eigenvalue weighted by Gasteiger charge is 2.21. The molecule has 0 aromatic heterocycles. The zero-order valence-corrected chi connectivity index (χ0v) is 14.1. The lowest BCUT2D eigenvalue weighted by molar-refractivity contribution is -0.153. The van der Waals surface area contributed by atoms with Crippen molar-refractivity contribution in [3.05, 3.63) is 33.4 Å². The van der Waals surface area contributed by atoms with Crippen LogP contribution in [0.25, 0.3) is 0 Å². The molecular weight excluding hydrogens is 353 g/mol. The van der Waals surface area contributed by atoms with Crippen molar-refractivity contribution in [3.63, 3.8) is 0 Å². The Hall–Kier alpha value is -0.170. The SMILES string of the molecule is CCNC(Cc1ccc(I)cc1)C(OCC)OCC. The van der Waals surface area contributed by atoms with E-state index in [-0.39, 0.29) is 12.3 Å². The molecule has 1 aromatic carbocycles. The zero-order valence-electron chi connectivity index (χ0n) is 12.0. The molecule has 0 saturated heterocycles. The van der Waals surface area contributed by atoms with Gasteiger partial charge in [-0.15, -0.1) is 0 Å². The average molecular weight is 377 g/mol. The summed E-state index contributed by atoms with van der Waals surface area (Å²) in [6, 6.07) is 8.79. The van der Waals surface area contributed by atoms with Crippen molar-refractivity contribution < 1.29 is 9.47 Å². The third kappa shape index (κ3) is 6.21. The first kappa shape index (κ1) is 16.9. The molecule has 1 N–H and O–H groups in total. The van der Waals surface area contributed by atoms with Gasteiger partial charge in [0, 0.05) is 16.8 Å². The Morgan fingerprint density at radius 1 is 1.05 bits per heavy atom. The van der Waals surface area contributed by atoms with E-state index in [0.29, 0.717) is 13.2 Å². The number of benzene rings is 1. The second-order valence-electron chi connectivity index (χ2n) is 4.27. The minimum atomic E-state index is -0.186. The van der Waals surface area contributed by atoms with Gasteiger partial charge in [-0.3, -0.25) is 0 Å². The van der Waals surface area contributed by atoms with Crippen molar-refractivity contribution in [1.29, 1.82) is 0 Å². The Morgan fingerprint density at radius 3 is 2.11 bits per heavy atom. The van der Waals surface area contributed by atoms with Gasteiger partial charge in [0.05, 0.1) is 6.04 Å². The van der Waals surface area contributed by atoms with Gasteiger partial charge in [-0.1, -0.05) is 19.1 Å². The number of likely N-dealkylation sites (N-methyl/N-ethyl adjacent to an activating group) is 1. The van der Waals surface area contributed by atoms with E-state index < -0.39 is 0 Å². The number of halogens is 1. The topological polar surface area (TPSA) is 30.5 Å². The van der Waals surface area contributed by atoms with Crippen LogP contribution in [-0.2, 0) is 15.9 Å². The smallest absolute Gasteiger partial charge is 0.172 e. The lowest BCUT2D eigenvalue weighted by Gasteiger charge is -2.27. The van der Waals surface area contributed by atoms with Gasteiger partial charge >= 0.3 is 0 Å². The standard InChI is InChI=1S/C15H24INO2/c1-4-17-14(15(18-5-2)19-6-3)11-12-7-9-13(16)10-8-12/h7-10,14-15,17H,4-6,11H2,1-3H3. The molecule has 1 aromatic rings. The van der Waals surface area contributed by atoms with Crippen LogP contribution in [0.3, 0.4) is 0 Å². The normalized spacial score (nSPS) is 12.9. The third-order valence-corrected chi connectivity index (χ3v) is 3.54. The summed E-state index contributed by atoms with van der Waals surface area (Å²) in [5.74, 6) is 0. The van der Waals surface area contributed by atoms with Crippen LogP contribution in [0.2, 0.25) is 0 Å². The monoisotopic (exact) mass is 377 g/mol. The summed E-state index contributed by atoms with van der Waals surface area (Å²) in [4.78, 5) is 0. The first-order chi connectivity index (χ1) is 9.21. The van der Waals surface area contributed by atoms with E-state index in [1.165, 1.54) is 9.13 Å². The number of hydrogen-bond acceptors (Lipinski definition) is 3. The largest absolute Gasteiger partial charge is 0.351 e. The molecule has 0 amide bonds. The molecule has 0 aliphatic rings. The predicted octanol–water partition coefficient (Wildman–Crippen LogP) is 3.21.